The number of ether oxygens (including phenoxy) is 2. The highest BCUT2D eigenvalue weighted by atomic mass is 16.5. The van der Waals surface area contributed by atoms with E-state index in [1.807, 2.05) is 0 Å². The molecule has 1 unspecified atom stereocenters. The summed E-state index contributed by atoms with van der Waals surface area (Å²) >= 11 is 0. The standard InChI is InChI=1S/C11H16N8O3/c1-17-9(13-15-16-17)7-6-19(4-5-22-7)10(20)8-12-11(21-3)18(2)14-8/h7H,4-6H2,1-3H3. The first-order valence-corrected chi connectivity index (χ1v) is 6.68. The van der Waals surface area contributed by atoms with E-state index in [1.54, 1.807) is 19.0 Å². The minimum atomic E-state index is -0.372. The lowest BCUT2D eigenvalue weighted by atomic mass is 10.2. The molecule has 2 aromatic rings. The van der Waals surface area contributed by atoms with Crippen LogP contribution in [-0.4, -0.2) is 72.6 Å². The van der Waals surface area contributed by atoms with Gasteiger partial charge in [0.05, 0.1) is 20.3 Å². The summed E-state index contributed by atoms with van der Waals surface area (Å²) in [5, 5.41) is 15.3. The number of rotatable bonds is 3. The fourth-order valence-corrected chi connectivity index (χ4v) is 2.28. The number of aromatic nitrogens is 7. The molecular weight excluding hydrogens is 292 g/mol. The molecule has 22 heavy (non-hydrogen) atoms. The number of carbonyl (C=O) groups excluding carboxylic acids is 1. The van der Waals surface area contributed by atoms with Gasteiger partial charge in [-0.2, -0.15) is 4.98 Å². The van der Waals surface area contributed by atoms with E-state index in [1.165, 1.54) is 16.5 Å². The van der Waals surface area contributed by atoms with Crippen molar-refractivity contribution >= 4 is 5.91 Å². The number of amides is 1. The zero-order valence-electron chi connectivity index (χ0n) is 12.5. The van der Waals surface area contributed by atoms with Gasteiger partial charge >= 0.3 is 6.01 Å². The lowest BCUT2D eigenvalue weighted by Crippen LogP contribution is -2.43. The molecule has 1 aliphatic heterocycles. The van der Waals surface area contributed by atoms with Crippen LogP contribution in [0.2, 0.25) is 0 Å². The van der Waals surface area contributed by atoms with Crippen LogP contribution in [0.5, 0.6) is 6.01 Å². The molecule has 3 heterocycles. The average molecular weight is 308 g/mol. The van der Waals surface area contributed by atoms with Crippen molar-refractivity contribution in [3.05, 3.63) is 11.6 Å². The number of morpholine rings is 1. The topological polar surface area (TPSA) is 113 Å². The van der Waals surface area contributed by atoms with Gasteiger partial charge in [-0.3, -0.25) is 4.79 Å². The second-order valence-corrected chi connectivity index (χ2v) is 4.82. The van der Waals surface area contributed by atoms with E-state index in [0.717, 1.165) is 0 Å². The maximum atomic E-state index is 12.5. The summed E-state index contributed by atoms with van der Waals surface area (Å²) in [5.74, 6) is 0.391. The van der Waals surface area contributed by atoms with E-state index in [4.69, 9.17) is 9.47 Å². The number of aryl methyl sites for hydroxylation is 2. The van der Waals surface area contributed by atoms with Crippen molar-refractivity contribution in [1.29, 1.82) is 0 Å². The van der Waals surface area contributed by atoms with Crippen molar-refractivity contribution in [2.24, 2.45) is 14.1 Å². The van der Waals surface area contributed by atoms with Gasteiger partial charge < -0.3 is 14.4 Å². The molecule has 0 aromatic carbocycles. The van der Waals surface area contributed by atoms with Gasteiger partial charge in [0.1, 0.15) is 6.10 Å². The monoisotopic (exact) mass is 308 g/mol. The number of carbonyl (C=O) groups is 1. The number of methoxy groups -OCH3 is 1. The molecular formula is C11H16N8O3. The Bertz CT molecular complexity index is 681. The number of nitrogens with zero attached hydrogens (tertiary/aromatic N) is 8. The first-order valence-electron chi connectivity index (χ1n) is 6.68. The van der Waals surface area contributed by atoms with E-state index in [-0.39, 0.29) is 23.8 Å². The normalized spacial score (nSPS) is 18.5. The smallest absolute Gasteiger partial charge is 0.314 e. The van der Waals surface area contributed by atoms with Gasteiger partial charge in [-0.15, -0.1) is 10.2 Å². The van der Waals surface area contributed by atoms with Crippen molar-refractivity contribution in [3.8, 4) is 6.01 Å². The van der Waals surface area contributed by atoms with Crippen molar-refractivity contribution in [2.75, 3.05) is 26.8 Å². The molecule has 11 nitrogen and oxygen atoms in total. The summed E-state index contributed by atoms with van der Waals surface area (Å²) < 4.78 is 13.6. The molecule has 1 aliphatic rings. The summed E-state index contributed by atoms with van der Waals surface area (Å²) in [7, 11) is 4.87. The van der Waals surface area contributed by atoms with Crippen LogP contribution in [0.1, 0.15) is 22.5 Å². The van der Waals surface area contributed by atoms with Gasteiger partial charge in [-0.1, -0.05) is 0 Å². The van der Waals surface area contributed by atoms with E-state index in [0.29, 0.717) is 25.5 Å². The van der Waals surface area contributed by atoms with E-state index < -0.39 is 0 Å². The second kappa shape index (κ2) is 5.67. The molecule has 1 saturated heterocycles. The molecule has 3 rings (SSSR count). The van der Waals surface area contributed by atoms with Crippen LogP contribution < -0.4 is 4.74 Å². The van der Waals surface area contributed by atoms with Crippen LogP contribution in [0.3, 0.4) is 0 Å². The Kier molecular flexibility index (Phi) is 3.71. The summed E-state index contributed by atoms with van der Waals surface area (Å²) in [5.41, 5.74) is 0. The van der Waals surface area contributed by atoms with Crippen molar-refractivity contribution < 1.29 is 14.3 Å². The Morgan fingerprint density at radius 1 is 1.36 bits per heavy atom. The van der Waals surface area contributed by atoms with Crippen molar-refractivity contribution in [2.45, 2.75) is 6.10 Å². The van der Waals surface area contributed by atoms with E-state index >= 15 is 0 Å². The van der Waals surface area contributed by atoms with Gasteiger partial charge in [0.2, 0.25) is 5.82 Å². The Labute approximate surface area is 125 Å². The molecule has 0 aliphatic carbocycles. The average Bonchev–Trinajstić information content (AvgIpc) is 3.12. The van der Waals surface area contributed by atoms with Crippen molar-refractivity contribution in [3.63, 3.8) is 0 Å². The third-order valence-corrected chi connectivity index (χ3v) is 3.39. The van der Waals surface area contributed by atoms with E-state index in [9.17, 15) is 4.79 Å². The zero-order valence-corrected chi connectivity index (χ0v) is 12.5. The summed E-state index contributed by atoms with van der Waals surface area (Å²) in [6.07, 6.45) is -0.372. The molecule has 2 aromatic heterocycles. The van der Waals surface area contributed by atoms with E-state index in [2.05, 4.69) is 25.6 Å². The lowest BCUT2D eigenvalue weighted by molar-refractivity contribution is -0.0287. The SMILES string of the molecule is COc1nc(C(=O)N2CCOC(c3nnnn3C)C2)nn1C. The first kappa shape index (κ1) is 14.4. The fourth-order valence-electron chi connectivity index (χ4n) is 2.28. The lowest BCUT2D eigenvalue weighted by Gasteiger charge is -2.31. The van der Waals surface area contributed by atoms with Gasteiger partial charge in [0.25, 0.3) is 5.91 Å². The third kappa shape index (κ3) is 2.50. The maximum Gasteiger partial charge on any atom is 0.314 e. The number of hydrogen-bond acceptors (Lipinski definition) is 8. The Hall–Kier alpha value is -2.56. The summed E-state index contributed by atoms with van der Waals surface area (Å²) in [6.45, 7) is 1.20. The minimum absolute atomic E-state index is 0.0936. The number of tetrazole rings is 1. The molecule has 1 fully saturated rings. The zero-order chi connectivity index (χ0) is 15.7. The highest BCUT2D eigenvalue weighted by Crippen LogP contribution is 2.20. The third-order valence-electron chi connectivity index (χ3n) is 3.39. The molecule has 0 spiro atoms. The molecule has 0 N–H and O–H groups in total. The molecule has 0 radical (unpaired) electrons. The van der Waals surface area contributed by atoms with Gasteiger partial charge in [-0.25, -0.2) is 9.36 Å². The highest BCUT2D eigenvalue weighted by Gasteiger charge is 2.31. The molecule has 1 atom stereocenters. The summed E-state index contributed by atoms with van der Waals surface area (Å²) in [6, 6.07) is 0.283. The quantitative estimate of drug-likeness (QED) is 0.677. The van der Waals surface area contributed by atoms with Crippen LogP contribution in [0.15, 0.2) is 0 Å². The Morgan fingerprint density at radius 2 is 2.18 bits per heavy atom. The predicted octanol–water partition coefficient (Wildman–Crippen LogP) is -1.44. The van der Waals surface area contributed by atoms with Crippen LogP contribution >= 0.6 is 0 Å². The maximum absolute atomic E-state index is 12.5. The number of hydrogen-bond donors (Lipinski definition) is 0. The molecule has 0 bridgehead atoms. The van der Waals surface area contributed by atoms with Crippen LogP contribution in [0.4, 0.5) is 0 Å². The largest absolute Gasteiger partial charge is 0.467 e. The Morgan fingerprint density at radius 3 is 2.82 bits per heavy atom. The molecule has 118 valence electrons. The van der Waals surface area contributed by atoms with Crippen LogP contribution in [0.25, 0.3) is 0 Å². The molecule has 1 amide bonds. The molecule has 0 saturated carbocycles. The molecule has 11 heteroatoms. The van der Waals surface area contributed by atoms with Gasteiger partial charge in [-0.05, 0) is 10.4 Å². The van der Waals surface area contributed by atoms with Gasteiger partial charge in [0, 0.05) is 20.6 Å². The van der Waals surface area contributed by atoms with Crippen molar-refractivity contribution in [1.82, 2.24) is 39.9 Å². The Balaban J connectivity index is 1.76. The minimum Gasteiger partial charge on any atom is -0.467 e. The van der Waals surface area contributed by atoms with Gasteiger partial charge in [0.15, 0.2) is 5.82 Å². The predicted molar refractivity (Wildman–Crippen MR) is 70.9 cm³/mol. The second-order valence-electron chi connectivity index (χ2n) is 4.82. The highest BCUT2D eigenvalue weighted by molar-refractivity contribution is 5.90. The summed E-state index contributed by atoms with van der Waals surface area (Å²) in [4.78, 5) is 18.2. The van der Waals surface area contributed by atoms with Crippen LogP contribution in [0, 0.1) is 0 Å². The first-order chi connectivity index (χ1) is 10.6. The fraction of sp³-hybridized carbons (Fsp3) is 0.636. The van der Waals surface area contributed by atoms with Crippen LogP contribution in [-0.2, 0) is 18.8 Å².